The fraction of sp³-hybridized carbons (Fsp3) is 1.00. The van der Waals surface area contributed by atoms with E-state index in [0.29, 0.717) is 6.42 Å². The highest BCUT2D eigenvalue weighted by Gasteiger charge is 2.20. The average molecular weight is 160 g/mol. The van der Waals surface area contributed by atoms with Crippen LogP contribution in [0.1, 0.15) is 26.7 Å². The van der Waals surface area contributed by atoms with Crippen molar-refractivity contribution in [3.05, 3.63) is 0 Å². The van der Waals surface area contributed by atoms with Crippen molar-refractivity contribution in [3.63, 3.8) is 0 Å². The lowest BCUT2D eigenvalue weighted by molar-refractivity contribution is -0.217. The predicted octanol–water partition coefficient (Wildman–Crippen LogP) is 0.909. The first-order valence-corrected chi connectivity index (χ1v) is 4.13. The van der Waals surface area contributed by atoms with Gasteiger partial charge in [-0.3, -0.25) is 0 Å². The summed E-state index contributed by atoms with van der Waals surface area (Å²) in [6.07, 6.45) is 1.26. The normalized spacial score (nSPS) is 35.2. The van der Waals surface area contributed by atoms with Gasteiger partial charge in [0.25, 0.3) is 0 Å². The summed E-state index contributed by atoms with van der Waals surface area (Å²) in [7, 11) is 0. The Hall–Kier alpha value is -0.120. The van der Waals surface area contributed by atoms with Crippen molar-refractivity contribution in [3.8, 4) is 0 Å². The van der Waals surface area contributed by atoms with Crippen LogP contribution in [-0.2, 0) is 9.47 Å². The number of ether oxygens (including phenoxy) is 2. The van der Waals surface area contributed by atoms with E-state index in [9.17, 15) is 0 Å². The van der Waals surface area contributed by atoms with Gasteiger partial charge >= 0.3 is 0 Å². The highest BCUT2D eigenvalue weighted by atomic mass is 16.7. The summed E-state index contributed by atoms with van der Waals surface area (Å²) < 4.78 is 10.7. The van der Waals surface area contributed by atoms with Crippen molar-refractivity contribution in [2.75, 3.05) is 6.61 Å². The lowest BCUT2D eigenvalue weighted by Gasteiger charge is -2.28. The lowest BCUT2D eigenvalue weighted by Crippen LogP contribution is -2.32. The SMILES string of the molecule is CC(O)CC1OCCC(C)O1. The number of hydrogen-bond donors (Lipinski definition) is 1. The van der Waals surface area contributed by atoms with Gasteiger partial charge in [0.05, 0.1) is 18.8 Å². The molecule has 1 fully saturated rings. The third-order valence-corrected chi connectivity index (χ3v) is 1.75. The van der Waals surface area contributed by atoms with Gasteiger partial charge in [-0.05, 0) is 20.3 Å². The van der Waals surface area contributed by atoms with E-state index in [-0.39, 0.29) is 18.5 Å². The van der Waals surface area contributed by atoms with Gasteiger partial charge in [0.15, 0.2) is 6.29 Å². The Bertz CT molecular complexity index is 112. The summed E-state index contributed by atoms with van der Waals surface area (Å²) in [6, 6.07) is 0. The van der Waals surface area contributed by atoms with Crippen LogP contribution in [-0.4, -0.2) is 30.2 Å². The second-order valence-electron chi connectivity index (χ2n) is 3.12. The molecule has 0 saturated carbocycles. The van der Waals surface area contributed by atoms with E-state index in [4.69, 9.17) is 14.6 Å². The zero-order valence-electron chi connectivity index (χ0n) is 7.12. The highest BCUT2D eigenvalue weighted by molar-refractivity contribution is 4.61. The van der Waals surface area contributed by atoms with Gasteiger partial charge in [-0.25, -0.2) is 0 Å². The van der Waals surface area contributed by atoms with E-state index in [0.717, 1.165) is 13.0 Å². The molecule has 11 heavy (non-hydrogen) atoms. The van der Waals surface area contributed by atoms with Crippen LogP contribution in [0.25, 0.3) is 0 Å². The van der Waals surface area contributed by atoms with Crippen molar-refractivity contribution in [1.82, 2.24) is 0 Å². The first-order valence-electron chi connectivity index (χ1n) is 4.13. The van der Waals surface area contributed by atoms with E-state index in [1.807, 2.05) is 6.92 Å². The molecule has 0 aromatic rings. The molecule has 1 aliphatic heterocycles. The Morgan fingerprint density at radius 2 is 2.36 bits per heavy atom. The molecule has 0 aromatic carbocycles. The van der Waals surface area contributed by atoms with Gasteiger partial charge in [-0.1, -0.05) is 0 Å². The van der Waals surface area contributed by atoms with E-state index in [1.165, 1.54) is 0 Å². The molecule has 0 amide bonds. The molecular weight excluding hydrogens is 144 g/mol. The number of rotatable bonds is 2. The molecule has 1 aliphatic rings. The minimum Gasteiger partial charge on any atom is -0.393 e. The zero-order valence-corrected chi connectivity index (χ0v) is 7.12. The zero-order chi connectivity index (χ0) is 8.27. The third-order valence-electron chi connectivity index (χ3n) is 1.75. The molecule has 1 rings (SSSR count). The molecule has 0 bridgehead atoms. The van der Waals surface area contributed by atoms with E-state index in [2.05, 4.69) is 0 Å². The minimum atomic E-state index is -0.342. The highest BCUT2D eigenvalue weighted by Crippen LogP contribution is 2.15. The van der Waals surface area contributed by atoms with Crippen LogP contribution in [0, 0.1) is 0 Å². The van der Waals surface area contributed by atoms with Crippen LogP contribution in [0.2, 0.25) is 0 Å². The molecule has 3 unspecified atom stereocenters. The van der Waals surface area contributed by atoms with Crippen molar-refractivity contribution in [2.24, 2.45) is 0 Å². The summed E-state index contributed by atoms with van der Waals surface area (Å²) in [5, 5.41) is 9.03. The molecule has 0 aromatic heterocycles. The molecule has 3 atom stereocenters. The summed E-state index contributed by atoms with van der Waals surface area (Å²) in [5.41, 5.74) is 0. The number of hydrogen-bond acceptors (Lipinski definition) is 3. The average Bonchev–Trinajstić information content (AvgIpc) is 1.85. The van der Waals surface area contributed by atoms with Gasteiger partial charge in [0, 0.05) is 6.42 Å². The van der Waals surface area contributed by atoms with Crippen LogP contribution in [0.3, 0.4) is 0 Å². The van der Waals surface area contributed by atoms with Crippen molar-refractivity contribution in [2.45, 2.75) is 45.2 Å². The fourth-order valence-corrected chi connectivity index (χ4v) is 1.13. The number of aliphatic hydroxyl groups excluding tert-OH is 1. The molecule has 1 N–H and O–H groups in total. The Labute approximate surface area is 67.3 Å². The topological polar surface area (TPSA) is 38.7 Å². The summed E-state index contributed by atoms with van der Waals surface area (Å²) in [5.74, 6) is 0. The molecular formula is C8H16O3. The summed E-state index contributed by atoms with van der Waals surface area (Å²) in [6.45, 7) is 4.52. The molecule has 0 spiro atoms. The fourth-order valence-electron chi connectivity index (χ4n) is 1.13. The second kappa shape index (κ2) is 4.04. The molecule has 3 heteroatoms. The summed E-state index contributed by atoms with van der Waals surface area (Å²) >= 11 is 0. The smallest absolute Gasteiger partial charge is 0.160 e. The van der Waals surface area contributed by atoms with E-state index < -0.39 is 0 Å². The van der Waals surface area contributed by atoms with Crippen molar-refractivity contribution < 1.29 is 14.6 Å². The van der Waals surface area contributed by atoms with Gasteiger partial charge in [0.2, 0.25) is 0 Å². The maximum atomic E-state index is 9.03. The van der Waals surface area contributed by atoms with Crippen molar-refractivity contribution in [1.29, 1.82) is 0 Å². The first kappa shape index (κ1) is 8.97. The van der Waals surface area contributed by atoms with Crippen LogP contribution in [0.4, 0.5) is 0 Å². The third kappa shape index (κ3) is 3.18. The first-order chi connectivity index (χ1) is 5.18. The predicted molar refractivity (Wildman–Crippen MR) is 41.2 cm³/mol. The Morgan fingerprint density at radius 3 is 2.91 bits per heavy atom. The van der Waals surface area contributed by atoms with Crippen LogP contribution >= 0.6 is 0 Å². The van der Waals surface area contributed by atoms with Crippen LogP contribution in [0.5, 0.6) is 0 Å². The Kier molecular flexibility index (Phi) is 3.30. The van der Waals surface area contributed by atoms with Crippen LogP contribution < -0.4 is 0 Å². The Balaban J connectivity index is 2.23. The number of aliphatic hydroxyl groups is 1. The van der Waals surface area contributed by atoms with Gasteiger partial charge in [-0.15, -0.1) is 0 Å². The summed E-state index contributed by atoms with van der Waals surface area (Å²) in [4.78, 5) is 0. The molecule has 0 aliphatic carbocycles. The van der Waals surface area contributed by atoms with E-state index in [1.54, 1.807) is 6.92 Å². The largest absolute Gasteiger partial charge is 0.393 e. The van der Waals surface area contributed by atoms with Crippen LogP contribution in [0.15, 0.2) is 0 Å². The van der Waals surface area contributed by atoms with Gasteiger partial charge in [0.1, 0.15) is 0 Å². The van der Waals surface area contributed by atoms with E-state index >= 15 is 0 Å². The minimum absolute atomic E-state index is 0.196. The maximum Gasteiger partial charge on any atom is 0.160 e. The van der Waals surface area contributed by atoms with Gasteiger partial charge < -0.3 is 14.6 Å². The molecule has 3 nitrogen and oxygen atoms in total. The quantitative estimate of drug-likeness (QED) is 0.652. The molecule has 66 valence electrons. The second-order valence-corrected chi connectivity index (χ2v) is 3.12. The van der Waals surface area contributed by atoms with Gasteiger partial charge in [-0.2, -0.15) is 0 Å². The molecule has 0 radical (unpaired) electrons. The maximum absolute atomic E-state index is 9.03. The molecule has 1 saturated heterocycles. The molecule has 1 heterocycles. The monoisotopic (exact) mass is 160 g/mol. The lowest BCUT2D eigenvalue weighted by atomic mass is 10.2. The van der Waals surface area contributed by atoms with Crippen molar-refractivity contribution >= 4 is 0 Å². The Morgan fingerprint density at radius 1 is 1.64 bits per heavy atom. The standard InChI is InChI=1S/C8H16O3/c1-6(9)5-8-10-4-3-7(2)11-8/h6-9H,3-5H2,1-2H3.